The minimum Gasteiger partial charge on any atom is -0.389 e. The molecule has 1 heterocycles. The van der Waals surface area contributed by atoms with Gasteiger partial charge in [0.2, 0.25) is 0 Å². The summed E-state index contributed by atoms with van der Waals surface area (Å²) in [5.41, 5.74) is 6.10. The number of nitrogens with two attached hydrogens (primary N) is 1. The number of hydrogen-bond acceptors (Lipinski definition) is 5. The smallest absolute Gasteiger partial charge is 0.0962 e. The fraction of sp³-hybridized carbons (Fsp3) is 1.00. The molecule has 4 N–H and O–H groups in total. The molecule has 1 saturated carbocycles. The van der Waals surface area contributed by atoms with Gasteiger partial charge in [-0.05, 0) is 12.3 Å². The minimum absolute atomic E-state index is 0. The van der Waals surface area contributed by atoms with Crippen molar-refractivity contribution in [3.8, 4) is 0 Å². The van der Waals surface area contributed by atoms with Gasteiger partial charge >= 0.3 is 0 Å². The van der Waals surface area contributed by atoms with Crippen LogP contribution in [-0.2, 0) is 4.74 Å². The Morgan fingerprint density at radius 3 is 2.23 bits per heavy atom. The molecule has 3 atom stereocenters. The van der Waals surface area contributed by atoms with Crippen LogP contribution in [0.5, 0.6) is 0 Å². The van der Waals surface area contributed by atoms with E-state index in [2.05, 4.69) is 4.90 Å². The average molecular weight is 359 g/mol. The second kappa shape index (κ2) is 11.8. The first kappa shape index (κ1) is 22.4. The van der Waals surface area contributed by atoms with Crippen LogP contribution in [0, 0.1) is 5.92 Å². The molecule has 0 bridgehead atoms. The Balaban J connectivity index is 0.00000220. The Kier molecular flexibility index (Phi) is 12.0. The fourth-order valence-corrected chi connectivity index (χ4v) is 3.39. The highest BCUT2D eigenvalue weighted by molar-refractivity contribution is 5.85. The van der Waals surface area contributed by atoms with Crippen LogP contribution in [0.2, 0.25) is 0 Å². The van der Waals surface area contributed by atoms with Gasteiger partial charge in [-0.15, -0.1) is 24.8 Å². The molecule has 0 spiro atoms. The zero-order valence-electron chi connectivity index (χ0n) is 13.2. The second-order valence-electron chi connectivity index (χ2n) is 6.37. The van der Waals surface area contributed by atoms with Crippen LogP contribution in [0.3, 0.4) is 0 Å². The van der Waals surface area contributed by atoms with E-state index in [1.54, 1.807) is 0 Å². The lowest BCUT2D eigenvalue weighted by atomic mass is 9.83. The van der Waals surface area contributed by atoms with E-state index in [-0.39, 0.29) is 30.9 Å². The van der Waals surface area contributed by atoms with Crippen LogP contribution in [0.4, 0.5) is 0 Å². The van der Waals surface area contributed by atoms with E-state index >= 15 is 0 Å². The molecule has 1 aliphatic heterocycles. The Morgan fingerprint density at radius 2 is 1.64 bits per heavy atom. The quantitative estimate of drug-likeness (QED) is 0.664. The van der Waals surface area contributed by atoms with Crippen molar-refractivity contribution < 1.29 is 14.9 Å². The van der Waals surface area contributed by atoms with Gasteiger partial charge < -0.3 is 20.7 Å². The summed E-state index contributed by atoms with van der Waals surface area (Å²) in [4.78, 5) is 2.13. The first-order chi connectivity index (χ1) is 9.66. The Hall–Kier alpha value is 0.380. The Labute approximate surface area is 146 Å². The van der Waals surface area contributed by atoms with Gasteiger partial charge in [0.05, 0.1) is 25.4 Å². The largest absolute Gasteiger partial charge is 0.389 e. The Morgan fingerprint density at radius 1 is 1.05 bits per heavy atom. The third kappa shape index (κ3) is 7.30. The highest BCUT2D eigenvalue weighted by Crippen LogP contribution is 2.27. The van der Waals surface area contributed by atoms with Crippen molar-refractivity contribution in [1.29, 1.82) is 0 Å². The van der Waals surface area contributed by atoms with Gasteiger partial charge in [-0.1, -0.05) is 32.1 Å². The van der Waals surface area contributed by atoms with E-state index in [9.17, 15) is 10.2 Å². The van der Waals surface area contributed by atoms with Crippen LogP contribution in [0.15, 0.2) is 0 Å². The third-order valence-corrected chi connectivity index (χ3v) is 4.71. The van der Waals surface area contributed by atoms with Crippen molar-refractivity contribution in [3.05, 3.63) is 0 Å². The van der Waals surface area contributed by atoms with Crippen LogP contribution in [0.1, 0.15) is 38.5 Å². The molecule has 7 heteroatoms. The minimum atomic E-state index is -0.820. The zero-order valence-corrected chi connectivity index (χ0v) is 14.9. The van der Waals surface area contributed by atoms with Crippen molar-refractivity contribution in [2.45, 2.75) is 56.8 Å². The molecular weight excluding hydrogens is 327 g/mol. The monoisotopic (exact) mass is 358 g/mol. The van der Waals surface area contributed by atoms with Gasteiger partial charge in [-0.3, -0.25) is 4.90 Å². The number of ether oxygens (including phenoxy) is 1. The van der Waals surface area contributed by atoms with Crippen LogP contribution < -0.4 is 5.73 Å². The van der Waals surface area contributed by atoms with Gasteiger partial charge in [0.1, 0.15) is 0 Å². The summed E-state index contributed by atoms with van der Waals surface area (Å²) < 4.78 is 5.28. The molecule has 2 fully saturated rings. The number of aliphatic hydroxyl groups is 2. The number of hydrogen-bond donors (Lipinski definition) is 3. The average Bonchev–Trinajstić information content (AvgIpc) is 2.48. The maximum absolute atomic E-state index is 10.2. The summed E-state index contributed by atoms with van der Waals surface area (Å²) in [5.74, 6) is 0.629. The van der Waals surface area contributed by atoms with E-state index < -0.39 is 12.2 Å². The topological polar surface area (TPSA) is 79.0 Å². The van der Waals surface area contributed by atoms with E-state index in [0.29, 0.717) is 25.7 Å². The molecule has 0 radical (unpaired) electrons. The number of rotatable bonds is 6. The lowest BCUT2D eigenvalue weighted by Crippen LogP contribution is -2.50. The normalized spacial score (nSPS) is 24.7. The predicted molar refractivity (Wildman–Crippen MR) is 92.9 cm³/mol. The van der Waals surface area contributed by atoms with E-state index in [0.717, 1.165) is 19.5 Å². The SMILES string of the molecule is Cl.Cl.N[C@@H](CC1CCCCC1)[C@@H](O)[C@@H](O)CN1CCOCC1. The van der Waals surface area contributed by atoms with Crippen LogP contribution in [0.25, 0.3) is 0 Å². The summed E-state index contributed by atoms with van der Waals surface area (Å²) in [7, 11) is 0. The second-order valence-corrected chi connectivity index (χ2v) is 6.37. The molecule has 0 unspecified atom stereocenters. The highest BCUT2D eigenvalue weighted by atomic mass is 35.5. The number of morpholine rings is 1. The number of aliphatic hydroxyl groups excluding tert-OH is 2. The van der Waals surface area contributed by atoms with E-state index in [1.807, 2.05) is 0 Å². The maximum atomic E-state index is 10.2. The molecule has 22 heavy (non-hydrogen) atoms. The summed E-state index contributed by atoms with van der Waals surface area (Å²) >= 11 is 0. The predicted octanol–water partition coefficient (Wildman–Crippen LogP) is 1.18. The molecule has 1 aliphatic carbocycles. The van der Waals surface area contributed by atoms with Gasteiger partial charge in [0.25, 0.3) is 0 Å². The molecule has 1 saturated heterocycles. The molecule has 2 aliphatic rings. The van der Waals surface area contributed by atoms with Crippen molar-refractivity contribution in [1.82, 2.24) is 4.90 Å². The molecule has 2 rings (SSSR count). The van der Waals surface area contributed by atoms with Crippen molar-refractivity contribution >= 4 is 24.8 Å². The van der Waals surface area contributed by atoms with Crippen molar-refractivity contribution in [2.24, 2.45) is 11.7 Å². The number of halogens is 2. The highest BCUT2D eigenvalue weighted by Gasteiger charge is 2.28. The summed E-state index contributed by atoms with van der Waals surface area (Å²) in [5, 5.41) is 20.4. The van der Waals surface area contributed by atoms with Gasteiger partial charge in [-0.25, -0.2) is 0 Å². The van der Waals surface area contributed by atoms with Gasteiger partial charge in [-0.2, -0.15) is 0 Å². The molecule has 134 valence electrons. The number of nitrogens with zero attached hydrogens (tertiary/aromatic N) is 1. The van der Waals surface area contributed by atoms with E-state index in [1.165, 1.54) is 32.1 Å². The van der Waals surface area contributed by atoms with Gasteiger partial charge in [0, 0.05) is 25.7 Å². The van der Waals surface area contributed by atoms with Crippen LogP contribution in [-0.4, -0.2) is 66.2 Å². The summed E-state index contributed by atoms with van der Waals surface area (Å²) in [6.45, 7) is 3.54. The van der Waals surface area contributed by atoms with Crippen molar-refractivity contribution in [2.75, 3.05) is 32.8 Å². The lowest BCUT2D eigenvalue weighted by molar-refractivity contribution is -0.0390. The zero-order chi connectivity index (χ0) is 14.4. The first-order valence-electron chi connectivity index (χ1n) is 8.08. The van der Waals surface area contributed by atoms with E-state index in [4.69, 9.17) is 10.5 Å². The molecular formula is C15H32Cl2N2O3. The summed E-state index contributed by atoms with van der Waals surface area (Å²) in [6, 6.07) is -0.311. The first-order valence-corrected chi connectivity index (χ1v) is 8.08. The standard InChI is InChI=1S/C15H30N2O3.2ClH/c16-13(10-12-4-2-1-3-5-12)15(19)14(18)11-17-6-8-20-9-7-17;;/h12-15,18-19H,1-11,16H2;2*1H/t13-,14-,15+;;/m0../s1. The van der Waals surface area contributed by atoms with Crippen LogP contribution >= 0.6 is 24.8 Å². The fourth-order valence-electron chi connectivity index (χ4n) is 3.39. The maximum Gasteiger partial charge on any atom is 0.0962 e. The van der Waals surface area contributed by atoms with Gasteiger partial charge in [0.15, 0.2) is 0 Å². The van der Waals surface area contributed by atoms with Crippen molar-refractivity contribution in [3.63, 3.8) is 0 Å². The molecule has 0 aromatic heterocycles. The summed E-state index contributed by atoms with van der Waals surface area (Å²) in [6.07, 6.45) is 5.59. The molecule has 0 amide bonds. The number of β-amino-alcohol motifs (C(OH)–C–C–N with tert-alkyl or cyclic N) is 1. The third-order valence-electron chi connectivity index (χ3n) is 4.71. The lowest BCUT2D eigenvalue weighted by Gasteiger charge is -2.33. The Bertz CT molecular complexity index is 250. The molecule has 0 aromatic carbocycles. The molecule has 0 aromatic rings. The molecule has 5 nitrogen and oxygen atoms in total.